The van der Waals surface area contributed by atoms with Crippen LogP contribution >= 0.6 is 0 Å². The van der Waals surface area contributed by atoms with Crippen molar-refractivity contribution >= 4 is 6.09 Å². The van der Waals surface area contributed by atoms with Crippen molar-refractivity contribution in [3.05, 3.63) is 35.9 Å². The third kappa shape index (κ3) is 1.56. The molecule has 1 saturated heterocycles. The van der Waals surface area contributed by atoms with Gasteiger partial charge in [-0.05, 0) is 5.56 Å². The first-order valence-electron chi connectivity index (χ1n) is 4.44. The number of aliphatic hydroxyl groups excluding tert-OH is 1. The Balaban J connectivity index is 2.22. The molecule has 2 atom stereocenters. The predicted molar refractivity (Wildman–Crippen MR) is 49.7 cm³/mol. The average molecular weight is 193 g/mol. The largest absolute Gasteiger partial charge is 0.439 e. The van der Waals surface area contributed by atoms with E-state index in [9.17, 15) is 4.79 Å². The Bertz CT molecular complexity index is 325. The van der Waals surface area contributed by atoms with Crippen molar-refractivity contribution in [2.75, 3.05) is 6.61 Å². The first-order chi connectivity index (χ1) is 6.81. The van der Waals surface area contributed by atoms with E-state index >= 15 is 0 Å². The number of benzene rings is 1. The van der Waals surface area contributed by atoms with Gasteiger partial charge in [-0.1, -0.05) is 30.3 Å². The molecule has 4 heteroatoms. The van der Waals surface area contributed by atoms with Crippen LogP contribution in [0.2, 0.25) is 0 Å². The Morgan fingerprint density at radius 3 is 2.71 bits per heavy atom. The second-order valence-electron chi connectivity index (χ2n) is 3.17. The minimum absolute atomic E-state index is 0.120. The van der Waals surface area contributed by atoms with E-state index < -0.39 is 6.09 Å². The molecule has 0 spiro atoms. The number of hydrogen-bond donors (Lipinski definition) is 2. The molecule has 2 N–H and O–H groups in total. The third-order valence-corrected chi connectivity index (χ3v) is 2.23. The van der Waals surface area contributed by atoms with Gasteiger partial charge in [-0.15, -0.1) is 0 Å². The molecule has 1 aliphatic heterocycles. The maximum Gasteiger partial charge on any atom is 0.408 e. The summed E-state index contributed by atoms with van der Waals surface area (Å²) in [5, 5.41) is 11.6. The molecule has 1 amide bonds. The van der Waals surface area contributed by atoms with E-state index in [0.29, 0.717) is 0 Å². The molecule has 0 aromatic heterocycles. The van der Waals surface area contributed by atoms with Gasteiger partial charge in [0.25, 0.3) is 0 Å². The molecule has 0 unspecified atom stereocenters. The highest BCUT2D eigenvalue weighted by atomic mass is 16.6. The van der Waals surface area contributed by atoms with Crippen molar-refractivity contribution in [1.82, 2.24) is 5.32 Å². The van der Waals surface area contributed by atoms with Gasteiger partial charge < -0.3 is 15.2 Å². The van der Waals surface area contributed by atoms with E-state index in [0.717, 1.165) is 5.56 Å². The summed E-state index contributed by atoms with van der Waals surface area (Å²) in [6, 6.07) is 9.03. The van der Waals surface area contributed by atoms with Crippen LogP contribution in [0.1, 0.15) is 11.7 Å². The van der Waals surface area contributed by atoms with Crippen LogP contribution in [0.25, 0.3) is 0 Å². The lowest BCUT2D eigenvalue weighted by Gasteiger charge is -2.14. The number of cyclic esters (lactones) is 1. The van der Waals surface area contributed by atoms with Crippen LogP contribution in [0.15, 0.2) is 30.3 Å². The standard InChI is InChI=1S/C10H11NO3/c12-6-8-9(14-10(13)11-8)7-4-2-1-3-5-7/h1-5,8-9,12H,6H2,(H,11,13)/t8-,9+/m1/s1. The zero-order valence-corrected chi connectivity index (χ0v) is 7.51. The van der Waals surface area contributed by atoms with E-state index in [1.807, 2.05) is 30.3 Å². The summed E-state index contributed by atoms with van der Waals surface area (Å²) in [4.78, 5) is 11.0. The molecule has 1 aromatic rings. The molecule has 1 aromatic carbocycles. The van der Waals surface area contributed by atoms with Crippen molar-refractivity contribution < 1.29 is 14.6 Å². The lowest BCUT2D eigenvalue weighted by molar-refractivity contribution is 0.119. The summed E-state index contributed by atoms with van der Waals surface area (Å²) < 4.78 is 5.04. The number of hydrogen-bond acceptors (Lipinski definition) is 3. The van der Waals surface area contributed by atoms with E-state index in [2.05, 4.69) is 5.32 Å². The number of ether oxygens (including phenoxy) is 1. The fraction of sp³-hybridized carbons (Fsp3) is 0.300. The van der Waals surface area contributed by atoms with Crippen LogP contribution < -0.4 is 5.32 Å². The molecule has 74 valence electrons. The van der Waals surface area contributed by atoms with Gasteiger partial charge >= 0.3 is 6.09 Å². The van der Waals surface area contributed by atoms with Gasteiger partial charge in [-0.2, -0.15) is 0 Å². The van der Waals surface area contributed by atoms with E-state index in [1.165, 1.54) is 0 Å². The summed E-state index contributed by atoms with van der Waals surface area (Å²) in [6.07, 6.45) is -0.855. The molecule has 0 bridgehead atoms. The summed E-state index contributed by atoms with van der Waals surface area (Å²) >= 11 is 0. The highest BCUT2D eigenvalue weighted by molar-refractivity contribution is 5.70. The zero-order chi connectivity index (χ0) is 9.97. The number of amides is 1. The van der Waals surface area contributed by atoms with Crippen molar-refractivity contribution in [2.24, 2.45) is 0 Å². The molecule has 2 rings (SSSR count). The smallest absolute Gasteiger partial charge is 0.408 e. The second kappa shape index (κ2) is 3.67. The van der Waals surface area contributed by atoms with Crippen molar-refractivity contribution in [1.29, 1.82) is 0 Å². The molecule has 1 aliphatic rings. The number of aliphatic hydroxyl groups is 1. The van der Waals surface area contributed by atoms with Crippen molar-refractivity contribution in [3.63, 3.8) is 0 Å². The predicted octanol–water partition coefficient (Wildman–Crippen LogP) is 0.828. The Morgan fingerprint density at radius 1 is 1.36 bits per heavy atom. The van der Waals surface area contributed by atoms with Gasteiger partial charge in [-0.25, -0.2) is 4.79 Å². The average Bonchev–Trinajstić information content (AvgIpc) is 2.61. The van der Waals surface area contributed by atoms with Crippen molar-refractivity contribution in [3.8, 4) is 0 Å². The molecule has 14 heavy (non-hydrogen) atoms. The molecule has 0 saturated carbocycles. The SMILES string of the molecule is O=C1N[C@H](CO)[C@H](c2ccccc2)O1. The number of alkyl carbamates (subject to hydrolysis) is 1. The number of carbonyl (C=O) groups is 1. The number of carbonyl (C=O) groups excluding carboxylic acids is 1. The zero-order valence-electron chi connectivity index (χ0n) is 7.51. The highest BCUT2D eigenvalue weighted by Gasteiger charge is 2.34. The van der Waals surface area contributed by atoms with Crippen molar-refractivity contribution in [2.45, 2.75) is 12.1 Å². The van der Waals surface area contributed by atoms with Crippen LogP contribution in [0, 0.1) is 0 Å². The summed E-state index contributed by atoms with van der Waals surface area (Å²) in [6.45, 7) is -0.120. The van der Waals surface area contributed by atoms with Crippen LogP contribution in [0.3, 0.4) is 0 Å². The molecule has 4 nitrogen and oxygen atoms in total. The minimum Gasteiger partial charge on any atom is -0.439 e. The monoisotopic (exact) mass is 193 g/mol. The van der Waals surface area contributed by atoms with Gasteiger partial charge in [0.1, 0.15) is 0 Å². The van der Waals surface area contributed by atoms with Gasteiger partial charge in [0.15, 0.2) is 6.10 Å². The third-order valence-electron chi connectivity index (χ3n) is 2.23. The fourth-order valence-corrected chi connectivity index (χ4v) is 1.54. The van der Waals surface area contributed by atoms with E-state index in [-0.39, 0.29) is 18.8 Å². The second-order valence-corrected chi connectivity index (χ2v) is 3.17. The first-order valence-corrected chi connectivity index (χ1v) is 4.44. The molecule has 0 radical (unpaired) electrons. The number of nitrogens with one attached hydrogen (secondary N) is 1. The normalized spacial score (nSPS) is 25.6. The lowest BCUT2D eigenvalue weighted by atomic mass is 10.0. The Kier molecular flexibility index (Phi) is 2.37. The highest BCUT2D eigenvalue weighted by Crippen LogP contribution is 2.25. The number of rotatable bonds is 2. The van der Waals surface area contributed by atoms with Gasteiger partial charge in [0.2, 0.25) is 0 Å². The molecule has 1 fully saturated rings. The first kappa shape index (κ1) is 9.02. The van der Waals surface area contributed by atoms with E-state index in [1.54, 1.807) is 0 Å². The minimum atomic E-state index is -0.474. The maximum absolute atomic E-state index is 11.0. The maximum atomic E-state index is 11.0. The molecular weight excluding hydrogens is 182 g/mol. The Morgan fingerprint density at radius 2 is 2.07 bits per heavy atom. The topological polar surface area (TPSA) is 58.6 Å². The summed E-state index contributed by atoms with van der Waals surface area (Å²) in [5.41, 5.74) is 0.893. The molecular formula is C10H11NO3. The lowest BCUT2D eigenvalue weighted by Crippen LogP contribution is -2.31. The quantitative estimate of drug-likeness (QED) is 0.731. The van der Waals surface area contributed by atoms with Crippen LogP contribution in [0.4, 0.5) is 4.79 Å². The summed E-state index contributed by atoms with van der Waals surface area (Å²) in [5.74, 6) is 0. The summed E-state index contributed by atoms with van der Waals surface area (Å²) in [7, 11) is 0. The Hall–Kier alpha value is -1.55. The Labute approximate surface area is 81.5 Å². The van der Waals surface area contributed by atoms with Gasteiger partial charge in [-0.3, -0.25) is 0 Å². The van der Waals surface area contributed by atoms with Gasteiger partial charge in [0, 0.05) is 0 Å². The molecule has 1 heterocycles. The van der Waals surface area contributed by atoms with Gasteiger partial charge in [0.05, 0.1) is 12.6 Å². The fourth-order valence-electron chi connectivity index (χ4n) is 1.54. The van der Waals surface area contributed by atoms with Crippen LogP contribution in [-0.2, 0) is 4.74 Å². The van der Waals surface area contributed by atoms with E-state index in [4.69, 9.17) is 9.84 Å². The molecule has 0 aliphatic carbocycles. The van der Waals surface area contributed by atoms with Crippen LogP contribution in [-0.4, -0.2) is 23.8 Å². The van der Waals surface area contributed by atoms with Crippen LogP contribution in [0.5, 0.6) is 0 Å².